The lowest BCUT2D eigenvalue weighted by molar-refractivity contribution is -0.130. The van der Waals surface area contributed by atoms with E-state index in [-0.39, 0.29) is 34.2 Å². The minimum absolute atomic E-state index is 0. The van der Waals surface area contributed by atoms with Gasteiger partial charge in [-0.15, -0.1) is 24.4 Å². The molecule has 64 heavy (non-hydrogen) atoms. The molecule has 3 aliphatic rings. The number of hydrogen-bond acceptors (Lipinski definition) is 11. The van der Waals surface area contributed by atoms with Gasteiger partial charge in [-0.1, -0.05) is 62.5 Å². The van der Waals surface area contributed by atoms with Crippen molar-refractivity contribution in [1.82, 2.24) is 28.7 Å². The Kier molecular flexibility index (Phi) is 23.8. The maximum Gasteiger partial charge on any atom is 0.330 e. The second kappa shape index (κ2) is 25.6. The van der Waals surface area contributed by atoms with Crippen LogP contribution in [0.3, 0.4) is 0 Å². The average molecular weight is 1010 g/mol. The Labute approximate surface area is 379 Å². The fourth-order valence-corrected chi connectivity index (χ4v) is 7.58. The third-order valence-corrected chi connectivity index (χ3v) is 22.4. The number of rotatable bonds is 10. The zero-order chi connectivity index (χ0) is 46.9. The van der Waals surface area contributed by atoms with Gasteiger partial charge >= 0.3 is 17.1 Å². The molecule has 17 nitrogen and oxygen atoms in total. The van der Waals surface area contributed by atoms with Gasteiger partial charge in [0.05, 0.1) is 17.8 Å². The summed E-state index contributed by atoms with van der Waals surface area (Å²) < 4.78 is 62.9. The van der Waals surface area contributed by atoms with Crippen molar-refractivity contribution in [2.75, 3.05) is 6.61 Å². The van der Waals surface area contributed by atoms with Gasteiger partial charge in [0.15, 0.2) is 37.2 Å². The molecule has 364 valence electrons. The molecule has 0 bridgehead atoms. The van der Waals surface area contributed by atoms with Crippen molar-refractivity contribution in [2.45, 2.75) is 142 Å². The topological polar surface area (TPSA) is 233 Å². The van der Waals surface area contributed by atoms with Crippen LogP contribution in [0, 0.1) is 11.8 Å². The number of aromatic amines is 3. The number of hydrogen-bond donors (Lipinski definition) is 5. The van der Waals surface area contributed by atoms with Crippen molar-refractivity contribution < 1.29 is 37.6 Å². The number of nitrogens with one attached hydrogen (secondary N) is 3. The normalized spacial score (nSPS) is 30.2. The van der Waals surface area contributed by atoms with Gasteiger partial charge in [0.2, 0.25) is 0 Å². The second-order valence-electron chi connectivity index (χ2n) is 14.8. The number of nitrogens with zero attached hydrogens (tertiary/aromatic N) is 3. The van der Waals surface area contributed by atoms with Crippen LogP contribution in [0.25, 0.3) is 0 Å². The smallest absolute Gasteiger partial charge is 0.330 e. The summed E-state index contributed by atoms with van der Waals surface area (Å²) in [6.07, 6.45) is -2.14. The summed E-state index contributed by atoms with van der Waals surface area (Å²) in [6.45, 7) is 14.2. The summed E-state index contributed by atoms with van der Waals surface area (Å²) in [5.74, 6) is -0.717. The third kappa shape index (κ3) is 12.9. The van der Waals surface area contributed by atoms with Crippen molar-refractivity contribution in [3.63, 3.8) is 0 Å². The Bertz CT molecular complexity index is 2200. The highest BCUT2D eigenvalue weighted by Gasteiger charge is 2.55. The Hall–Kier alpha value is -2.48. The van der Waals surface area contributed by atoms with Crippen LogP contribution in [0.4, 0.5) is 13.2 Å². The molecule has 0 saturated carbocycles. The van der Waals surface area contributed by atoms with Crippen LogP contribution < -0.4 is 33.7 Å². The number of aliphatic hydroxyl groups is 2. The van der Waals surface area contributed by atoms with Gasteiger partial charge in [0.25, 0.3) is 16.7 Å². The molecule has 3 unspecified atom stereocenters. The van der Waals surface area contributed by atoms with Crippen LogP contribution in [-0.2, 0) is 14.2 Å². The van der Waals surface area contributed by atoms with Gasteiger partial charge in [-0.2, -0.15) is 0 Å². The number of aliphatic hydroxyl groups excluding tert-OH is 2. The summed E-state index contributed by atoms with van der Waals surface area (Å²) in [4.78, 5) is 74.2. The summed E-state index contributed by atoms with van der Waals surface area (Å²) in [5.41, 5.74) is -6.58. The van der Waals surface area contributed by atoms with Crippen molar-refractivity contribution in [3.8, 4) is 0 Å². The van der Waals surface area contributed by atoms with E-state index < -0.39 is 106 Å². The van der Waals surface area contributed by atoms with Crippen molar-refractivity contribution in [1.29, 1.82) is 0 Å². The Morgan fingerprint density at radius 1 is 0.703 bits per heavy atom. The molecular weight excluding hydrogens is 940 g/mol. The quantitative estimate of drug-likeness (QED) is 0.119. The predicted molar refractivity (Wildman–Crippen MR) is 256 cm³/mol. The lowest BCUT2D eigenvalue weighted by atomic mass is 9.83. The maximum atomic E-state index is 14.4. The molecule has 3 aromatic rings. The van der Waals surface area contributed by atoms with E-state index in [2.05, 4.69) is 43.3 Å². The predicted octanol–water partition coefficient (Wildman–Crippen LogP) is 5.85. The van der Waals surface area contributed by atoms with E-state index in [9.17, 15) is 52.2 Å². The molecule has 6 heterocycles. The van der Waals surface area contributed by atoms with Gasteiger partial charge in [-0.3, -0.25) is 52.0 Å². The van der Waals surface area contributed by atoms with Gasteiger partial charge in [-0.05, 0) is 25.7 Å². The average Bonchev–Trinajstić information content (AvgIpc) is 3.77. The van der Waals surface area contributed by atoms with Crippen molar-refractivity contribution in [3.05, 3.63) is 112 Å². The van der Waals surface area contributed by atoms with Crippen LogP contribution in [0.5, 0.6) is 0 Å². The number of ether oxygens (including phenoxy) is 3. The van der Waals surface area contributed by atoms with Crippen LogP contribution in [0.15, 0.2) is 78.2 Å². The monoisotopic (exact) mass is 1010 g/mol. The largest absolute Gasteiger partial charge is 0.474 e. The van der Waals surface area contributed by atoms with E-state index >= 15 is 0 Å². The third-order valence-electron chi connectivity index (χ3n) is 11.7. The number of aromatic nitrogens is 6. The lowest BCUT2D eigenvalue weighted by Gasteiger charge is -2.30. The van der Waals surface area contributed by atoms with Gasteiger partial charge in [-0.25, -0.2) is 34.5 Å². The molecule has 3 aromatic heterocycles. The summed E-state index contributed by atoms with van der Waals surface area (Å²) in [6, 6.07) is 3.41. The van der Waals surface area contributed by atoms with E-state index in [0.717, 1.165) is 26.0 Å². The first-order chi connectivity index (χ1) is 29.1. The molecule has 6 rings (SSSR count). The van der Waals surface area contributed by atoms with Crippen LogP contribution in [0.1, 0.15) is 101 Å². The molecular formula is C39H65F3N6O11P5-. The Morgan fingerprint density at radius 2 is 1.05 bits per heavy atom. The minimum Gasteiger partial charge on any atom is -0.474 e. The van der Waals surface area contributed by atoms with E-state index in [1.165, 1.54) is 32.5 Å². The highest BCUT2D eigenvalue weighted by atomic mass is 32.8. The van der Waals surface area contributed by atoms with Gasteiger partial charge in [0, 0.05) is 48.6 Å². The second-order valence-corrected chi connectivity index (χ2v) is 27.7. The van der Waals surface area contributed by atoms with Gasteiger partial charge < -0.3 is 32.4 Å². The molecule has 0 amide bonds. The molecule has 3 aliphatic heterocycles. The van der Waals surface area contributed by atoms with Gasteiger partial charge in [0.1, 0.15) is 11.7 Å². The Balaban J connectivity index is 0.000000448. The van der Waals surface area contributed by atoms with E-state index in [1.807, 2.05) is 25.8 Å². The standard InChI is InChI=1S/C13H19FN2O3.C13H17FN2O3.C11H15FN2O5.2CH4.H6P5/c2*1-4-13(5-2)8(3)10(14)11(19-13)16-7-6-9(17)15-12(16)18;1-2-11(5-15)8(17)7(12)9(19-11)14-4-3-6(16)13-10(14)18;;;1-4-5(2)3/h6-8,10-11H,4-5H2,1-3H3,(H,15,17,18);4,6-8,10-11H,1,5H2,2-3H3,(H,15,17,18);3-4,7-9,15,17H,2,5H2,1H3,(H,13,16,18);2*1H4;1-3H2/q;;;;;-1/t8-,10+,11+;8-,10+,11+,13+;7-,8+,9-,11-;;;/m001.../s1. The molecule has 3 fully saturated rings. The SMILES string of the molecule is C.C.C=C[C@]1(CC)O[C@@H](n2ccc(=O)[nH]c2=O)[C@H](F)[C@@H]1C.CCC1(CC)O[C@@H](n2ccc(=O)[nH]c2=O)[C@H](F)[C@@H]1C.CC[C@]1(CO)O[C@@H](n2ccc(=O)[nH]c2=O)[C@H](F)[C@@H]1O.P[P-]P(P)P. The molecule has 25 heteroatoms. The van der Waals surface area contributed by atoms with Crippen molar-refractivity contribution in [2.24, 2.45) is 11.8 Å². The minimum atomic E-state index is -1.88. The Morgan fingerprint density at radius 3 is 1.31 bits per heavy atom. The highest BCUT2D eigenvalue weighted by Crippen LogP contribution is 2.71. The fraction of sp³-hybridized carbons (Fsp3) is 0.641. The first kappa shape index (κ1) is 59.5. The van der Waals surface area contributed by atoms with Crippen LogP contribution >= 0.6 is 41.7 Å². The van der Waals surface area contributed by atoms with Crippen LogP contribution in [0.2, 0.25) is 0 Å². The summed E-state index contributed by atoms with van der Waals surface area (Å²) in [5, 5.41) is 19.1. The first-order valence-corrected chi connectivity index (χ1v) is 27.4. The zero-order valence-electron chi connectivity index (χ0n) is 35.2. The first-order valence-electron chi connectivity index (χ1n) is 19.6. The summed E-state index contributed by atoms with van der Waals surface area (Å²) in [7, 11) is 9.51. The van der Waals surface area contributed by atoms with E-state index in [0.29, 0.717) is 19.3 Å². The van der Waals surface area contributed by atoms with E-state index in [1.54, 1.807) is 26.8 Å². The molecule has 0 spiro atoms. The zero-order valence-corrected chi connectivity index (χ0v) is 40.4. The van der Waals surface area contributed by atoms with E-state index in [4.69, 9.17) is 14.2 Å². The molecule has 3 saturated heterocycles. The number of H-pyrrole nitrogens is 3. The molecule has 0 aromatic carbocycles. The highest BCUT2D eigenvalue weighted by molar-refractivity contribution is 8.77. The molecule has 0 aliphatic carbocycles. The number of alkyl halides is 3. The van der Waals surface area contributed by atoms with Crippen LogP contribution in [-0.4, -0.2) is 86.9 Å². The molecule has 5 N–H and O–H groups in total. The number of halogens is 3. The fourth-order valence-electron chi connectivity index (χ4n) is 7.58. The maximum absolute atomic E-state index is 14.4. The van der Waals surface area contributed by atoms with Crippen molar-refractivity contribution >= 4 is 41.7 Å². The summed E-state index contributed by atoms with van der Waals surface area (Å²) >= 11 is 0. The molecule has 0 radical (unpaired) electrons. The lowest BCUT2D eigenvalue weighted by Crippen LogP contribution is -2.44. The molecule has 14 atom stereocenters.